The number of nitrogens with one attached hydrogen (secondary N) is 2. The van der Waals surface area contributed by atoms with E-state index in [1.54, 1.807) is 18.2 Å². The van der Waals surface area contributed by atoms with Crippen LogP contribution in [0, 0.1) is 5.92 Å². The van der Waals surface area contributed by atoms with Gasteiger partial charge in [0.05, 0.1) is 12.6 Å². The van der Waals surface area contributed by atoms with Crippen molar-refractivity contribution in [2.24, 2.45) is 5.92 Å². The Kier molecular flexibility index (Phi) is 5.18. The first kappa shape index (κ1) is 17.2. The van der Waals surface area contributed by atoms with Gasteiger partial charge in [0.15, 0.2) is 5.69 Å². The summed E-state index contributed by atoms with van der Waals surface area (Å²) in [6, 6.07) is 5.45. The highest BCUT2D eigenvalue weighted by atomic mass is 16.7. The third-order valence-corrected chi connectivity index (χ3v) is 4.37. The highest BCUT2D eigenvalue weighted by Crippen LogP contribution is 2.22. The summed E-state index contributed by atoms with van der Waals surface area (Å²) in [5.41, 5.74) is 1.16. The molecule has 1 fully saturated rings. The summed E-state index contributed by atoms with van der Waals surface area (Å²) in [6.07, 6.45) is 1.73. The van der Waals surface area contributed by atoms with Gasteiger partial charge in [0, 0.05) is 31.9 Å². The summed E-state index contributed by atoms with van der Waals surface area (Å²) >= 11 is 0. The van der Waals surface area contributed by atoms with Crippen molar-refractivity contribution in [2.45, 2.75) is 19.8 Å². The Hall–Kier alpha value is -2.61. The molecule has 2 aromatic rings. The minimum atomic E-state index is -0.299. The van der Waals surface area contributed by atoms with E-state index >= 15 is 0 Å². The van der Waals surface area contributed by atoms with Crippen LogP contribution >= 0.6 is 0 Å². The van der Waals surface area contributed by atoms with E-state index in [4.69, 9.17) is 9.57 Å². The zero-order valence-electron chi connectivity index (χ0n) is 14.4. The van der Waals surface area contributed by atoms with E-state index in [-0.39, 0.29) is 11.9 Å². The second-order valence-corrected chi connectivity index (χ2v) is 6.15. The number of hydrogen-bond acceptors (Lipinski definition) is 6. The lowest BCUT2D eigenvalue weighted by molar-refractivity contribution is -0.193. The van der Waals surface area contributed by atoms with Crippen molar-refractivity contribution in [1.29, 1.82) is 0 Å². The number of benzene rings is 1. The summed E-state index contributed by atoms with van der Waals surface area (Å²) in [4.78, 5) is 28.5. The van der Waals surface area contributed by atoms with Crippen LogP contribution < -0.4 is 10.1 Å². The molecule has 1 saturated heterocycles. The molecule has 0 saturated carbocycles. The number of amides is 1. The number of nitrogens with zero attached hydrogens (tertiary/aromatic N) is 2. The van der Waals surface area contributed by atoms with E-state index in [2.05, 4.69) is 15.5 Å². The Morgan fingerprint density at radius 2 is 2.12 bits per heavy atom. The predicted molar refractivity (Wildman–Crippen MR) is 91.0 cm³/mol. The van der Waals surface area contributed by atoms with E-state index in [0.29, 0.717) is 37.0 Å². The molecule has 2 heterocycles. The van der Waals surface area contributed by atoms with Crippen LogP contribution in [0.3, 0.4) is 0 Å². The van der Waals surface area contributed by atoms with Crippen molar-refractivity contribution in [3.63, 3.8) is 0 Å². The second kappa shape index (κ2) is 7.52. The molecule has 0 radical (unpaired) electrons. The van der Waals surface area contributed by atoms with Gasteiger partial charge in [-0.2, -0.15) is 5.10 Å². The van der Waals surface area contributed by atoms with Crippen molar-refractivity contribution in [1.82, 2.24) is 20.6 Å². The zero-order valence-corrected chi connectivity index (χ0v) is 14.4. The van der Waals surface area contributed by atoms with Gasteiger partial charge in [-0.25, -0.2) is 0 Å². The molecule has 1 amide bonds. The quantitative estimate of drug-likeness (QED) is 0.851. The van der Waals surface area contributed by atoms with Gasteiger partial charge in [-0.15, -0.1) is 5.06 Å². The Labute approximate surface area is 145 Å². The van der Waals surface area contributed by atoms with Crippen LogP contribution in [-0.4, -0.2) is 53.9 Å². The number of rotatable bonds is 5. The number of carbonyl (C=O) groups excluding carboxylic acids is 2. The molecule has 0 aliphatic carbocycles. The third kappa shape index (κ3) is 4.08. The van der Waals surface area contributed by atoms with Gasteiger partial charge < -0.3 is 14.9 Å². The fraction of sp³-hybridized carbons (Fsp3) is 0.471. The molecule has 8 nitrogen and oxygen atoms in total. The van der Waals surface area contributed by atoms with Crippen LogP contribution in [0.25, 0.3) is 10.9 Å². The lowest BCUT2D eigenvalue weighted by atomic mass is 9.98. The molecule has 1 aliphatic heterocycles. The summed E-state index contributed by atoms with van der Waals surface area (Å²) < 4.78 is 5.21. The fourth-order valence-electron chi connectivity index (χ4n) is 3.00. The first-order valence-electron chi connectivity index (χ1n) is 8.30. The van der Waals surface area contributed by atoms with Crippen LogP contribution in [0.1, 0.15) is 30.3 Å². The number of aromatic amines is 1. The summed E-state index contributed by atoms with van der Waals surface area (Å²) in [6.45, 7) is 3.34. The minimum Gasteiger partial charge on any atom is -0.497 e. The molecule has 1 aromatic heterocycles. The maximum atomic E-state index is 12.5. The van der Waals surface area contributed by atoms with Gasteiger partial charge in [-0.05, 0) is 37.0 Å². The Bertz CT molecular complexity index is 765. The number of aromatic nitrogens is 2. The Balaban J connectivity index is 1.56. The number of carbonyl (C=O) groups is 2. The first-order valence-corrected chi connectivity index (χ1v) is 8.30. The number of fused-ring (bicyclic) bond motifs is 1. The molecular formula is C17H22N4O4. The molecule has 1 aliphatic rings. The minimum absolute atomic E-state index is 0.207. The number of ether oxygens (including phenoxy) is 1. The summed E-state index contributed by atoms with van der Waals surface area (Å²) in [7, 11) is 1.59. The van der Waals surface area contributed by atoms with Crippen molar-refractivity contribution in [3.05, 3.63) is 23.9 Å². The smallest absolute Gasteiger partial charge is 0.322 e. The van der Waals surface area contributed by atoms with Crippen molar-refractivity contribution in [2.75, 3.05) is 26.7 Å². The van der Waals surface area contributed by atoms with Crippen LogP contribution in [0.15, 0.2) is 18.2 Å². The molecule has 1 aromatic carbocycles. The largest absolute Gasteiger partial charge is 0.497 e. The molecule has 0 bridgehead atoms. The van der Waals surface area contributed by atoms with Crippen LogP contribution in [0.5, 0.6) is 5.75 Å². The molecular weight excluding hydrogens is 324 g/mol. The molecule has 0 unspecified atom stereocenters. The maximum absolute atomic E-state index is 12.5. The molecule has 0 atom stereocenters. The van der Waals surface area contributed by atoms with E-state index in [9.17, 15) is 9.59 Å². The second-order valence-electron chi connectivity index (χ2n) is 6.15. The van der Waals surface area contributed by atoms with Gasteiger partial charge >= 0.3 is 5.97 Å². The van der Waals surface area contributed by atoms with Gasteiger partial charge in [0.2, 0.25) is 0 Å². The van der Waals surface area contributed by atoms with Gasteiger partial charge in [0.1, 0.15) is 5.75 Å². The number of H-pyrrole nitrogens is 1. The number of hydrogen-bond donors (Lipinski definition) is 2. The average molecular weight is 346 g/mol. The predicted octanol–water partition coefficient (Wildman–Crippen LogP) is 1.49. The standard InChI is InChI=1S/C17H22N4O4/c1-11(22)25-21-7-5-12(6-8-21)10-18-17(23)16-14-9-13(24-2)3-4-15(14)19-20-16/h3-4,9,12H,5-8,10H2,1-2H3,(H,18,23)(H,19,20). The van der Waals surface area contributed by atoms with Gasteiger partial charge in [-0.3, -0.25) is 14.7 Å². The molecule has 25 heavy (non-hydrogen) atoms. The average Bonchev–Trinajstić information content (AvgIpc) is 3.03. The monoisotopic (exact) mass is 346 g/mol. The van der Waals surface area contributed by atoms with Crippen molar-refractivity contribution >= 4 is 22.8 Å². The maximum Gasteiger partial charge on any atom is 0.322 e. The lowest BCUT2D eigenvalue weighted by Crippen LogP contribution is -2.39. The molecule has 134 valence electrons. The SMILES string of the molecule is COc1ccc2[nH]nc(C(=O)NCC3CCN(OC(C)=O)CC3)c2c1. The Morgan fingerprint density at radius 1 is 1.36 bits per heavy atom. The van der Waals surface area contributed by atoms with E-state index in [0.717, 1.165) is 23.7 Å². The fourth-order valence-corrected chi connectivity index (χ4v) is 3.00. The summed E-state index contributed by atoms with van der Waals surface area (Å²) in [5, 5.41) is 12.3. The Morgan fingerprint density at radius 3 is 2.80 bits per heavy atom. The van der Waals surface area contributed by atoms with Gasteiger partial charge in [0.25, 0.3) is 5.91 Å². The first-order chi connectivity index (χ1) is 12.1. The van der Waals surface area contributed by atoms with Crippen LogP contribution in [0.2, 0.25) is 0 Å². The number of piperidine rings is 1. The van der Waals surface area contributed by atoms with Crippen molar-refractivity contribution < 1.29 is 19.2 Å². The van der Waals surface area contributed by atoms with Gasteiger partial charge in [-0.1, -0.05) is 0 Å². The molecule has 3 rings (SSSR count). The zero-order chi connectivity index (χ0) is 17.8. The highest BCUT2D eigenvalue weighted by Gasteiger charge is 2.22. The topological polar surface area (TPSA) is 96.5 Å². The highest BCUT2D eigenvalue weighted by molar-refractivity contribution is 6.05. The summed E-state index contributed by atoms with van der Waals surface area (Å²) in [5.74, 6) is 0.533. The lowest BCUT2D eigenvalue weighted by Gasteiger charge is -2.30. The van der Waals surface area contributed by atoms with Crippen molar-refractivity contribution in [3.8, 4) is 5.75 Å². The van der Waals surface area contributed by atoms with E-state index in [1.165, 1.54) is 6.92 Å². The molecule has 2 N–H and O–H groups in total. The van der Waals surface area contributed by atoms with E-state index in [1.807, 2.05) is 12.1 Å². The molecule has 0 spiro atoms. The third-order valence-electron chi connectivity index (χ3n) is 4.37. The van der Waals surface area contributed by atoms with Crippen LogP contribution in [0.4, 0.5) is 0 Å². The number of methoxy groups -OCH3 is 1. The molecule has 8 heteroatoms. The van der Waals surface area contributed by atoms with E-state index < -0.39 is 0 Å². The normalized spacial score (nSPS) is 15.9. The number of hydroxylamine groups is 2. The van der Waals surface area contributed by atoms with Crippen LogP contribution in [-0.2, 0) is 9.63 Å².